The van der Waals surface area contributed by atoms with Crippen LogP contribution in [-0.2, 0) is 23.8 Å². The minimum atomic E-state index is -0.455. The first-order valence-corrected chi connectivity index (χ1v) is 5.76. The lowest BCUT2D eigenvalue weighted by atomic mass is 10.4. The number of hydrogen-bond acceptors (Lipinski definition) is 6. The molecule has 1 unspecified atom stereocenters. The van der Waals surface area contributed by atoms with Crippen LogP contribution in [0, 0.1) is 0 Å². The minimum absolute atomic E-state index is 0.0473. The molecule has 0 amide bonds. The van der Waals surface area contributed by atoms with Crippen LogP contribution in [0.4, 0.5) is 0 Å². The van der Waals surface area contributed by atoms with Crippen molar-refractivity contribution < 1.29 is 28.9 Å². The van der Waals surface area contributed by atoms with Gasteiger partial charge in [0.05, 0.1) is 13.2 Å². The average Bonchev–Trinajstić information content (AvgIpc) is 3.17. The maximum absolute atomic E-state index is 10.7. The molecule has 0 saturated carbocycles. The molecule has 19 heavy (non-hydrogen) atoms. The fourth-order valence-corrected chi connectivity index (χ4v) is 0.718. The van der Waals surface area contributed by atoms with Crippen molar-refractivity contribution in [3.63, 3.8) is 0 Å². The van der Waals surface area contributed by atoms with E-state index in [0.717, 1.165) is 0 Å². The van der Waals surface area contributed by atoms with Gasteiger partial charge in [0.15, 0.2) is 0 Å². The van der Waals surface area contributed by atoms with Gasteiger partial charge in [0.25, 0.3) is 0 Å². The largest absolute Gasteiger partial charge is 0.460 e. The molecule has 0 spiro atoms. The van der Waals surface area contributed by atoms with Crippen molar-refractivity contribution in [2.75, 3.05) is 26.4 Å². The summed E-state index contributed by atoms with van der Waals surface area (Å²) < 4.78 is 14.1. The highest BCUT2D eigenvalue weighted by atomic mass is 16.6. The third-order valence-electron chi connectivity index (χ3n) is 1.82. The molecule has 0 aromatic carbocycles. The molecule has 1 aliphatic rings. The van der Waals surface area contributed by atoms with E-state index in [9.17, 15) is 9.59 Å². The van der Waals surface area contributed by atoms with Gasteiger partial charge < -0.3 is 19.3 Å². The van der Waals surface area contributed by atoms with Gasteiger partial charge in [-0.25, -0.2) is 9.59 Å². The second-order valence-electron chi connectivity index (χ2n) is 3.97. The van der Waals surface area contributed by atoms with E-state index in [2.05, 4.69) is 17.9 Å². The van der Waals surface area contributed by atoms with Crippen molar-refractivity contribution in [1.82, 2.24) is 0 Å². The quantitative estimate of drug-likeness (QED) is 0.433. The van der Waals surface area contributed by atoms with Gasteiger partial charge in [-0.3, -0.25) is 0 Å². The zero-order chi connectivity index (χ0) is 14.8. The Morgan fingerprint density at radius 3 is 2.05 bits per heavy atom. The zero-order valence-electron chi connectivity index (χ0n) is 11.3. The topological polar surface area (TPSA) is 85.4 Å². The van der Waals surface area contributed by atoms with Crippen molar-refractivity contribution in [2.45, 2.75) is 20.0 Å². The molecule has 0 aromatic heterocycles. The highest BCUT2D eigenvalue weighted by molar-refractivity contribution is 5.87. The standard InChI is InChI=1S/C7H10O3.C6H10O3/c1-5(2)7(8)10-4-6-3-9-6;1-5(2)6(8)9-4-3-7/h6H,1,3-4H2,2H3;7H,1,3-4H2,2H3. The number of aliphatic hydroxyl groups excluding tert-OH is 1. The summed E-state index contributed by atoms with van der Waals surface area (Å²) in [6.45, 7) is 11.0. The van der Waals surface area contributed by atoms with E-state index < -0.39 is 5.97 Å². The smallest absolute Gasteiger partial charge is 0.333 e. The Morgan fingerprint density at radius 2 is 1.68 bits per heavy atom. The Morgan fingerprint density at radius 1 is 1.21 bits per heavy atom. The maximum Gasteiger partial charge on any atom is 0.333 e. The lowest BCUT2D eigenvalue weighted by Crippen LogP contribution is -2.09. The molecule has 1 heterocycles. The fraction of sp³-hybridized carbons (Fsp3) is 0.538. The van der Waals surface area contributed by atoms with Crippen LogP contribution in [0.2, 0.25) is 0 Å². The number of aliphatic hydroxyl groups is 1. The molecular formula is C13H20O6. The van der Waals surface area contributed by atoms with Crippen molar-refractivity contribution >= 4 is 11.9 Å². The van der Waals surface area contributed by atoms with Gasteiger partial charge in [0, 0.05) is 11.1 Å². The molecule has 1 fully saturated rings. The fourth-order valence-electron chi connectivity index (χ4n) is 0.718. The Hall–Kier alpha value is -1.66. The normalized spacial score (nSPS) is 15.6. The molecule has 0 aromatic rings. The van der Waals surface area contributed by atoms with E-state index in [4.69, 9.17) is 14.6 Å². The summed E-state index contributed by atoms with van der Waals surface area (Å²) in [5, 5.41) is 8.19. The summed E-state index contributed by atoms with van der Waals surface area (Å²) in [4.78, 5) is 21.2. The number of ether oxygens (including phenoxy) is 3. The number of carbonyl (C=O) groups is 2. The lowest BCUT2D eigenvalue weighted by molar-refractivity contribution is -0.140. The van der Waals surface area contributed by atoms with E-state index in [1.165, 1.54) is 0 Å². The van der Waals surface area contributed by atoms with Crippen LogP contribution in [0.1, 0.15) is 13.8 Å². The highest BCUT2D eigenvalue weighted by Crippen LogP contribution is 2.09. The number of hydrogen-bond donors (Lipinski definition) is 1. The first-order chi connectivity index (χ1) is 8.88. The molecule has 108 valence electrons. The maximum atomic E-state index is 10.7. The minimum Gasteiger partial charge on any atom is -0.460 e. The molecule has 0 radical (unpaired) electrons. The van der Waals surface area contributed by atoms with Gasteiger partial charge in [-0.1, -0.05) is 13.2 Å². The summed E-state index contributed by atoms with van der Waals surface area (Å²) in [6, 6.07) is 0. The van der Waals surface area contributed by atoms with Crippen LogP contribution in [0.25, 0.3) is 0 Å². The van der Waals surface area contributed by atoms with E-state index >= 15 is 0 Å². The number of esters is 2. The molecule has 1 N–H and O–H groups in total. The Labute approximate surface area is 112 Å². The Bertz CT molecular complexity index is 343. The summed E-state index contributed by atoms with van der Waals surface area (Å²) in [5.74, 6) is -0.792. The monoisotopic (exact) mass is 272 g/mol. The molecule has 1 saturated heterocycles. The lowest BCUT2D eigenvalue weighted by Gasteiger charge is -1.99. The van der Waals surface area contributed by atoms with E-state index in [-0.39, 0.29) is 25.3 Å². The van der Waals surface area contributed by atoms with E-state index in [1.807, 2.05) is 0 Å². The SMILES string of the molecule is C=C(C)C(=O)OCC1CO1.C=C(C)C(=O)OCCO. The van der Waals surface area contributed by atoms with E-state index in [1.54, 1.807) is 13.8 Å². The summed E-state index contributed by atoms with van der Waals surface area (Å²) in [5.41, 5.74) is 0.782. The molecular weight excluding hydrogens is 252 g/mol. The van der Waals surface area contributed by atoms with Crippen LogP contribution >= 0.6 is 0 Å². The Kier molecular flexibility index (Phi) is 8.48. The third-order valence-corrected chi connectivity index (χ3v) is 1.82. The van der Waals surface area contributed by atoms with Crippen LogP contribution in [0.5, 0.6) is 0 Å². The Balaban J connectivity index is 0.000000344. The molecule has 1 rings (SSSR count). The molecule has 1 aliphatic heterocycles. The van der Waals surface area contributed by atoms with Gasteiger partial charge in [-0.05, 0) is 13.8 Å². The third kappa shape index (κ3) is 9.99. The van der Waals surface area contributed by atoms with E-state index in [0.29, 0.717) is 24.4 Å². The predicted octanol–water partition coefficient (Wildman–Crippen LogP) is 0.602. The van der Waals surface area contributed by atoms with Crippen molar-refractivity contribution in [3.8, 4) is 0 Å². The number of epoxide rings is 1. The second kappa shape index (κ2) is 9.29. The van der Waals surface area contributed by atoms with Gasteiger partial charge >= 0.3 is 11.9 Å². The van der Waals surface area contributed by atoms with Crippen molar-refractivity contribution in [1.29, 1.82) is 0 Å². The molecule has 0 aliphatic carbocycles. The number of carbonyl (C=O) groups excluding carboxylic acids is 2. The van der Waals surface area contributed by atoms with Crippen molar-refractivity contribution in [3.05, 3.63) is 24.3 Å². The zero-order valence-corrected chi connectivity index (χ0v) is 11.3. The summed E-state index contributed by atoms with van der Waals surface area (Å²) in [7, 11) is 0. The molecule has 0 bridgehead atoms. The van der Waals surface area contributed by atoms with Crippen LogP contribution in [0.15, 0.2) is 24.3 Å². The first-order valence-electron chi connectivity index (χ1n) is 5.76. The first kappa shape index (κ1) is 17.3. The van der Waals surface area contributed by atoms with Crippen LogP contribution in [-0.4, -0.2) is 49.6 Å². The molecule has 6 nitrogen and oxygen atoms in total. The van der Waals surface area contributed by atoms with Gasteiger partial charge in [-0.15, -0.1) is 0 Å². The molecule has 1 atom stereocenters. The van der Waals surface area contributed by atoms with Crippen LogP contribution < -0.4 is 0 Å². The van der Waals surface area contributed by atoms with Gasteiger partial charge in [0.2, 0.25) is 0 Å². The number of rotatable bonds is 6. The highest BCUT2D eigenvalue weighted by Gasteiger charge is 2.24. The molecule has 6 heteroatoms. The average molecular weight is 272 g/mol. The second-order valence-corrected chi connectivity index (χ2v) is 3.97. The summed E-state index contributed by atoms with van der Waals surface area (Å²) >= 11 is 0. The van der Waals surface area contributed by atoms with Gasteiger partial charge in [-0.2, -0.15) is 0 Å². The van der Waals surface area contributed by atoms with Crippen molar-refractivity contribution in [2.24, 2.45) is 0 Å². The van der Waals surface area contributed by atoms with Gasteiger partial charge in [0.1, 0.15) is 19.3 Å². The van der Waals surface area contributed by atoms with Crippen LogP contribution in [0.3, 0.4) is 0 Å². The predicted molar refractivity (Wildman–Crippen MR) is 68.4 cm³/mol. The summed E-state index contributed by atoms with van der Waals surface area (Å²) in [6.07, 6.45) is 0.142.